The quantitative estimate of drug-likeness (QED) is 0.611. The first-order valence-corrected chi connectivity index (χ1v) is 11.2. The molecule has 1 saturated carbocycles. The first kappa shape index (κ1) is 20.6. The van der Waals surface area contributed by atoms with Gasteiger partial charge in [-0.05, 0) is 43.4 Å². The van der Waals surface area contributed by atoms with E-state index in [-0.39, 0.29) is 40.4 Å². The number of nitrogens with zero attached hydrogens (tertiary/aromatic N) is 3. The number of hydrogen-bond acceptors (Lipinski definition) is 7. The van der Waals surface area contributed by atoms with E-state index in [1.54, 1.807) is 26.0 Å². The van der Waals surface area contributed by atoms with Gasteiger partial charge < -0.3 is 20.4 Å². The summed E-state index contributed by atoms with van der Waals surface area (Å²) < 4.78 is 19.1. The molecule has 0 spiro atoms. The number of halogens is 1. The Morgan fingerprint density at radius 2 is 2.09 bits per heavy atom. The molecule has 3 atom stereocenters. The fraction of sp³-hybridized carbons (Fsp3) is 0.364. The fourth-order valence-corrected chi connectivity index (χ4v) is 5.34. The molecule has 2 fully saturated rings. The molecule has 2 aromatic heterocycles. The third-order valence-electron chi connectivity index (χ3n) is 6.00. The van der Waals surface area contributed by atoms with E-state index in [1.807, 2.05) is 4.90 Å². The van der Waals surface area contributed by atoms with E-state index in [0.717, 1.165) is 24.2 Å². The zero-order chi connectivity index (χ0) is 22.6. The summed E-state index contributed by atoms with van der Waals surface area (Å²) in [6.07, 6.45) is 1.75. The number of oxazole rings is 1. The molecule has 1 aliphatic carbocycles. The van der Waals surface area contributed by atoms with Gasteiger partial charge in [0, 0.05) is 19.5 Å². The van der Waals surface area contributed by atoms with Crippen molar-refractivity contribution in [1.82, 2.24) is 20.2 Å². The van der Waals surface area contributed by atoms with Crippen molar-refractivity contribution in [3.8, 4) is 10.4 Å². The molecule has 3 heterocycles. The molecule has 3 N–H and O–H groups in total. The van der Waals surface area contributed by atoms with Crippen LogP contribution in [0.1, 0.15) is 45.5 Å². The first-order valence-electron chi connectivity index (χ1n) is 10.4. The van der Waals surface area contributed by atoms with Gasteiger partial charge in [0.05, 0.1) is 10.9 Å². The Morgan fingerprint density at radius 1 is 1.28 bits per heavy atom. The van der Waals surface area contributed by atoms with Crippen LogP contribution in [0, 0.1) is 25.6 Å². The average molecular weight is 456 g/mol. The third kappa shape index (κ3) is 3.64. The molecule has 1 aliphatic heterocycles. The van der Waals surface area contributed by atoms with Crippen molar-refractivity contribution in [3.05, 3.63) is 53.1 Å². The second-order valence-corrected chi connectivity index (χ2v) is 9.28. The van der Waals surface area contributed by atoms with Crippen LogP contribution in [0.5, 0.6) is 0 Å². The van der Waals surface area contributed by atoms with Gasteiger partial charge in [-0.1, -0.05) is 23.5 Å². The Labute approximate surface area is 187 Å². The van der Waals surface area contributed by atoms with E-state index in [9.17, 15) is 14.0 Å². The maximum atomic E-state index is 13.8. The van der Waals surface area contributed by atoms with Crippen molar-refractivity contribution >= 4 is 28.3 Å². The molecule has 5 rings (SSSR count). The van der Waals surface area contributed by atoms with E-state index in [4.69, 9.17) is 10.2 Å². The number of nitrogen functional groups attached to an aromatic ring is 1. The molecule has 0 bridgehead atoms. The standard InChI is InChI=1S/C22H22FN5O3S/c1-10-17(26-11(2)31-10)20(29)25-9-15-7-13-8-16(13)28(15)21(30)18-19(32-22(24)27-18)12-4-3-5-14(23)6-12/h3-6,13,15-16H,7-9H2,1-2H3,(H2,24,27)(H,25,29)/t13-,15+,16+/m1/s1. The van der Waals surface area contributed by atoms with Crippen LogP contribution in [0.15, 0.2) is 28.7 Å². The summed E-state index contributed by atoms with van der Waals surface area (Å²) >= 11 is 1.16. The Hall–Kier alpha value is -3.27. The normalized spacial score (nSPS) is 21.5. The van der Waals surface area contributed by atoms with Crippen molar-refractivity contribution in [2.24, 2.45) is 5.92 Å². The number of carbonyl (C=O) groups is 2. The minimum atomic E-state index is -0.393. The number of benzene rings is 1. The summed E-state index contributed by atoms with van der Waals surface area (Å²) in [4.78, 5) is 36.8. The number of anilines is 1. The van der Waals surface area contributed by atoms with Crippen LogP contribution in [0.2, 0.25) is 0 Å². The molecule has 0 radical (unpaired) electrons. The number of piperidine rings is 1. The number of amides is 2. The van der Waals surface area contributed by atoms with Crippen molar-refractivity contribution in [3.63, 3.8) is 0 Å². The molecule has 0 unspecified atom stereocenters. The second-order valence-electron chi connectivity index (χ2n) is 8.25. The number of nitrogens with one attached hydrogen (secondary N) is 1. The number of nitrogens with two attached hydrogens (primary N) is 1. The lowest BCUT2D eigenvalue weighted by Gasteiger charge is -2.27. The van der Waals surface area contributed by atoms with E-state index >= 15 is 0 Å². The van der Waals surface area contributed by atoms with Crippen LogP contribution in [0.3, 0.4) is 0 Å². The Bertz CT molecular complexity index is 1220. The summed E-state index contributed by atoms with van der Waals surface area (Å²) in [7, 11) is 0. The molecule has 1 aromatic carbocycles. The SMILES string of the molecule is Cc1nc(C(=O)NC[C@@H]2C[C@@H]3C[C@@H]3N2C(=O)c2nc(N)sc2-c2cccc(F)c2)c(C)o1. The third-order valence-corrected chi connectivity index (χ3v) is 6.93. The largest absolute Gasteiger partial charge is 0.445 e. The number of thiazole rings is 1. The van der Waals surface area contributed by atoms with Gasteiger partial charge in [-0.2, -0.15) is 0 Å². The molecule has 3 aromatic rings. The number of aryl methyl sites for hydroxylation is 2. The van der Waals surface area contributed by atoms with Gasteiger partial charge in [0.15, 0.2) is 16.7 Å². The molecule has 2 amide bonds. The molecule has 1 saturated heterocycles. The van der Waals surface area contributed by atoms with Crippen molar-refractivity contribution in [2.75, 3.05) is 12.3 Å². The van der Waals surface area contributed by atoms with Crippen LogP contribution in [0.25, 0.3) is 10.4 Å². The van der Waals surface area contributed by atoms with Gasteiger partial charge in [0.1, 0.15) is 17.3 Å². The van der Waals surface area contributed by atoms with Gasteiger partial charge in [-0.25, -0.2) is 14.4 Å². The highest BCUT2D eigenvalue weighted by Gasteiger charge is 2.54. The molecule has 2 aliphatic rings. The summed E-state index contributed by atoms with van der Waals surface area (Å²) in [6.45, 7) is 3.68. The fourth-order valence-electron chi connectivity index (χ4n) is 4.52. The summed E-state index contributed by atoms with van der Waals surface area (Å²) in [6, 6.07) is 6.01. The predicted molar refractivity (Wildman–Crippen MR) is 117 cm³/mol. The number of rotatable bonds is 5. The van der Waals surface area contributed by atoms with Crippen LogP contribution in [-0.4, -0.2) is 45.3 Å². The molecule has 32 heavy (non-hydrogen) atoms. The van der Waals surface area contributed by atoms with Crippen LogP contribution < -0.4 is 11.1 Å². The predicted octanol–water partition coefficient (Wildman–Crippen LogP) is 3.17. The minimum Gasteiger partial charge on any atom is -0.445 e. The van der Waals surface area contributed by atoms with Gasteiger partial charge in [0.25, 0.3) is 11.8 Å². The van der Waals surface area contributed by atoms with Gasteiger partial charge in [0.2, 0.25) is 0 Å². The van der Waals surface area contributed by atoms with Gasteiger partial charge >= 0.3 is 0 Å². The van der Waals surface area contributed by atoms with Crippen molar-refractivity contribution in [1.29, 1.82) is 0 Å². The summed E-state index contributed by atoms with van der Waals surface area (Å²) in [5.41, 5.74) is 6.97. The number of fused-ring (bicyclic) bond motifs is 1. The highest BCUT2D eigenvalue weighted by molar-refractivity contribution is 7.19. The lowest BCUT2D eigenvalue weighted by Crippen LogP contribution is -2.45. The zero-order valence-corrected chi connectivity index (χ0v) is 18.4. The highest BCUT2D eigenvalue weighted by Crippen LogP contribution is 2.49. The maximum absolute atomic E-state index is 13.8. The zero-order valence-electron chi connectivity index (χ0n) is 17.6. The number of likely N-dealkylation sites (tertiary alicyclic amines) is 1. The lowest BCUT2D eigenvalue weighted by molar-refractivity contribution is 0.0684. The van der Waals surface area contributed by atoms with E-state index in [1.165, 1.54) is 12.1 Å². The van der Waals surface area contributed by atoms with Crippen LogP contribution >= 0.6 is 11.3 Å². The van der Waals surface area contributed by atoms with E-state index in [2.05, 4.69) is 15.3 Å². The van der Waals surface area contributed by atoms with Crippen molar-refractivity contribution in [2.45, 2.75) is 38.8 Å². The minimum absolute atomic E-state index is 0.128. The van der Waals surface area contributed by atoms with Crippen LogP contribution in [0.4, 0.5) is 9.52 Å². The Balaban J connectivity index is 1.36. The highest BCUT2D eigenvalue weighted by atomic mass is 32.1. The number of hydrogen-bond donors (Lipinski definition) is 2. The van der Waals surface area contributed by atoms with E-state index in [0.29, 0.717) is 34.6 Å². The van der Waals surface area contributed by atoms with Gasteiger partial charge in [-0.3, -0.25) is 9.59 Å². The molecular formula is C22H22FN5O3S. The Morgan fingerprint density at radius 3 is 2.81 bits per heavy atom. The molecule has 166 valence electrons. The lowest BCUT2D eigenvalue weighted by atomic mass is 10.1. The van der Waals surface area contributed by atoms with E-state index < -0.39 is 5.82 Å². The molecular weight excluding hydrogens is 433 g/mol. The summed E-state index contributed by atoms with van der Waals surface area (Å²) in [5.74, 6) is 0.346. The summed E-state index contributed by atoms with van der Waals surface area (Å²) in [5, 5.41) is 3.13. The smallest absolute Gasteiger partial charge is 0.274 e. The van der Waals surface area contributed by atoms with Crippen LogP contribution in [-0.2, 0) is 0 Å². The Kier molecular flexibility index (Phi) is 4.96. The average Bonchev–Trinajstić information content (AvgIpc) is 3.06. The molecule has 8 nitrogen and oxygen atoms in total. The molecule has 10 heteroatoms. The number of aromatic nitrogens is 2. The topological polar surface area (TPSA) is 114 Å². The number of carbonyl (C=O) groups excluding carboxylic acids is 2. The second kappa shape index (κ2) is 7.70. The monoisotopic (exact) mass is 455 g/mol. The maximum Gasteiger partial charge on any atom is 0.274 e. The van der Waals surface area contributed by atoms with Crippen molar-refractivity contribution < 1.29 is 18.4 Å². The first-order chi connectivity index (χ1) is 15.3. The van der Waals surface area contributed by atoms with Gasteiger partial charge in [-0.15, -0.1) is 0 Å².